The van der Waals surface area contributed by atoms with Crippen LogP contribution in [0.4, 0.5) is 0 Å². The molecular weight excluding hydrogens is 404 g/mol. The lowest BCUT2D eigenvalue weighted by atomic mass is 9.97. The Kier molecular flexibility index (Phi) is 7.06. The molecule has 0 radical (unpaired) electrons. The van der Waals surface area contributed by atoms with Crippen molar-refractivity contribution in [2.45, 2.75) is 70.1 Å². The van der Waals surface area contributed by atoms with Gasteiger partial charge in [-0.3, -0.25) is 14.2 Å². The van der Waals surface area contributed by atoms with Crippen LogP contribution in [-0.2, 0) is 24.2 Å². The van der Waals surface area contributed by atoms with Gasteiger partial charge in [-0.05, 0) is 79.1 Å². The van der Waals surface area contributed by atoms with Crippen molar-refractivity contribution in [2.24, 2.45) is 0 Å². The predicted molar refractivity (Wildman–Crippen MR) is 122 cm³/mol. The zero-order valence-corrected chi connectivity index (χ0v) is 19.8. The molecule has 2 heterocycles. The zero-order valence-electron chi connectivity index (χ0n) is 18.1. The van der Waals surface area contributed by atoms with Crippen LogP contribution in [0.3, 0.4) is 0 Å². The molecule has 0 saturated heterocycles. The normalized spacial score (nSPS) is 14.4. The van der Waals surface area contributed by atoms with Crippen LogP contribution in [0.5, 0.6) is 0 Å². The Balaban J connectivity index is 1.93. The van der Waals surface area contributed by atoms with E-state index in [2.05, 4.69) is 10.2 Å². The number of aryl methyl sites for hydroxylation is 2. The van der Waals surface area contributed by atoms with Crippen molar-refractivity contribution in [1.29, 1.82) is 0 Å². The van der Waals surface area contributed by atoms with Gasteiger partial charge in [0.05, 0.1) is 11.1 Å². The van der Waals surface area contributed by atoms with Crippen molar-refractivity contribution in [3.05, 3.63) is 20.8 Å². The van der Waals surface area contributed by atoms with Gasteiger partial charge in [-0.15, -0.1) is 11.3 Å². The molecule has 0 fully saturated rings. The van der Waals surface area contributed by atoms with Crippen LogP contribution >= 0.6 is 23.1 Å². The molecule has 1 amide bonds. The highest BCUT2D eigenvalue weighted by Crippen LogP contribution is 2.34. The first-order valence-electron chi connectivity index (χ1n) is 10.3. The summed E-state index contributed by atoms with van der Waals surface area (Å²) in [7, 11) is 4.07. The number of nitrogens with zero attached hydrogens (tertiary/aromatic N) is 3. The second kappa shape index (κ2) is 9.18. The summed E-state index contributed by atoms with van der Waals surface area (Å²) in [6, 6.07) is 0. The fraction of sp³-hybridized carbons (Fsp3) is 0.667. The van der Waals surface area contributed by atoms with Crippen molar-refractivity contribution in [3.63, 3.8) is 0 Å². The minimum absolute atomic E-state index is 0.0397. The quantitative estimate of drug-likeness (QED) is 0.533. The zero-order chi connectivity index (χ0) is 21.2. The Morgan fingerprint density at radius 2 is 2.00 bits per heavy atom. The number of amides is 1. The van der Waals surface area contributed by atoms with Crippen LogP contribution in [-0.4, -0.2) is 52.3 Å². The minimum Gasteiger partial charge on any atom is -0.351 e. The number of carbonyl (C=O) groups is 1. The van der Waals surface area contributed by atoms with E-state index in [0.717, 1.165) is 42.4 Å². The number of nitrogens with one attached hydrogen (secondary N) is 1. The van der Waals surface area contributed by atoms with E-state index in [4.69, 9.17) is 4.98 Å². The third-order valence-electron chi connectivity index (χ3n) is 4.87. The minimum atomic E-state index is -0.271. The Morgan fingerprint density at radius 3 is 2.69 bits per heavy atom. The number of aromatic nitrogens is 2. The maximum Gasteiger partial charge on any atom is 0.263 e. The van der Waals surface area contributed by atoms with E-state index in [1.54, 1.807) is 15.9 Å². The van der Waals surface area contributed by atoms with E-state index in [0.29, 0.717) is 11.7 Å². The van der Waals surface area contributed by atoms with Crippen molar-refractivity contribution in [2.75, 3.05) is 26.4 Å². The number of rotatable bonds is 7. The third-order valence-corrected chi connectivity index (χ3v) is 7.04. The first kappa shape index (κ1) is 22.3. The molecule has 0 bridgehead atoms. The molecule has 29 heavy (non-hydrogen) atoms. The highest BCUT2D eigenvalue weighted by Gasteiger charge is 2.23. The van der Waals surface area contributed by atoms with Gasteiger partial charge >= 0.3 is 0 Å². The maximum absolute atomic E-state index is 13.4. The lowest BCUT2D eigenvalue weighted by Crippen LogP contribution is -2.41. The average molecular weight is 437 g/mol. The molecule has 160 valence electrons. The number of hydrogen-bond donors (Lipinski definition) is 1. The Bertz CT molecular complexity index is 941. The van der Waals surface area contributed by atoms with Crippen LogP contribution in [0.2, 0.25) is 0 Å². The molecule has 3 rings (SSSR count). The molecule has 1 N–H and O–H groups in total. The summed E-state index contributed by atoms with van der Waals surface area (Å²) in [6.07, 6.45) is 5.22. The van der Waals surface area contributed by atoms with Gasteiger partial charge in [0.1, 0.15) is 4.83 Å². The Morgan fingerprint density at radius 1 is 1.28 bits per heavy atom. The van der Waals surface area contributed by atoms with Gasteiger partial charge in [-0.25, -0.2) is 4.98 Å². The molecule has 6 nitrogen and oxygen atoms in total. The molecule has 2 aromatic rings. The topological polar surface area (TPSA) is 67.2 Å². The molecule has 0 spiro atoms. The number of thiophene rings is 1. The third kappa shape index (κ3) is 5.61. The summed E-state index contributed by atoms with van der Waals surface area (Å²) in [5.74, 6) is 0.218. The highest BCUT2D eigenvalue weighted by molar-refractivity contribution is 7.99. The van der Waals surface area contributed by atoms with Gasteiger partial charge in [0.25, 0.3) is 5.56 Å². The van der Waals surface area contributed by atoms with E-state index >= 15 is 0 Å². The van der Waals surface area contributed by atoms with E-state index in [-0.39, 0.29) is 22.8 Å². The molecule has 8 heteroatoms. The lowest BCUT2D eigenvalue weighted by molar-refractivity contribution is -0.119. The molecular formula is C21H32N4O2S2. The number of hydrogen-bond acceptors (Lipinski definition) is 6. The number of thioether (sulfide) groups is 1. The first-order chi connectivity index (χ1) is 13.7. The molecule has 2 aromatic heterocycles. The van der Waals surface area contributed by atoms with Gasteiger partial charge in [0.2, 0.25) is 5.91 Å². The highest BCUT2D eigenvalue weighted by atomic mass is 32.2. The van der Waals surface area contributed by atoms with Crippen LogP contribution in [0, 0.1) is 0 Å². The van der Waals surface area contributed by atoms with Gasteiger partial charge < -0.3 is 10.2 Å². The van der Waals surface area contributed by atoms with Crippen LogP contribution in [0.1, 0.15) is 50.5 Å². The predicted octanol–water partition coefficient (Wildman–Crippen LogP) is 3.30. The van der Waals surface area contributed by atoms with Crippen LogP contribution in [0.25, 0.3) is 10.2 Å². The smallest absolute Gasteiger partial charge is 0.263 e. The number of fused-ring (bicyclic) bond motifs is 3. The van der Waals surface area contributed by atoms with Crippen molar-refractivity contribution < 1.29 is 4.79 Å². The monoisotopic (exact) mass is 436 g/mol. The summed E-state index contributed by atoms with van der Waals surface area (Å²) in [6.45, 7) is 7.42. The Hall–Kier alpha value is -1.38. The lowest BCUT2D eigenvalue weighted by Gasteiger charge is -2.20. The maximum atomic E-state index is 13.4. The fourth-order valence-corrected chi connectivity index (χ4v) is 5.78. The summed E-state index contributed by atoms with van der Waals surface area (Å²) < 4.78 is 1.79. The summed E-state index contributed by atoms with van der Waals surface area (Å²) in [5.41, 5.74) is 1.01. The van der Waals surface area contributed by atoms with Gasteiger partial charge in [-0.1, -0.05) is 11.8 Å². The van der Waals surface area contributed by atoms with Gasteiger partial charge in [0, 0.05) is 17.0 Å². The molecule has 0 atom stereocenters. The number of carbonyl (C=O) groups excluding carboxylic acids is 1. The molecule has 0 saturated carbocycles. The summed E-state index contributed by atoms with van der Waals surface area (Å²) >= 11 is 3.03. The molecule has 1 aliphatic carbocycles. The largest absolute Gasteiger partial charge is 0.351 e. The summed E-state index contributed by atoms with van der Waals surface area (Å²) in [5, 5.41) is 4.45. The average Bonchev–Trinajstić information content (AvgIpc) is 2.98. The van der Waals surface area contributed by atoms with Gasteiger partial charge in [-0.2, -0.15) is 0 Å². The SMILES string of the molecule is CN(C)CCCn1c(SCC(=O)NC(C)(C)C)nc2sc3c(c2c1=O)CCCC3. The van der Waals surface area contributed by atoms with Crippen LogP contribution < -0.4 is 10.9 Å². The van der Waals surface area contributed by atoms with Crippen LogP contribution in [0.15, 0.2) is 9.95 Å². The van der Waals surface area contributed by atoms with E-state index < -0.39 is 0 Å². The summed E-state index contributed by atoms with van der Waals surface area (Å²) in [4.78, 5) is 34.9. The van der Waals surface area contributed by atoms with Crippen molar-refractivity contribution >= 4 is 39.2 Å². The molecule has 0 aromatic carbocycles. The van der Waals surface area contributed by atoms with E-state index in [1.807, 2.05) is 34.9 Å². The second-order valence-electron chi connectivity index (χ2n) is 8.99. The molecule has 1 aliphatic rings. The second-order valence-corrected chi connectivity index (χ2v) is 11.0. The van der Waals surface area contributed by atoms with E-state index in [9.17, 15) is 9.59 Å². The van der Waals surface area contributed by atoms with Crippen molar-refractivity contribution in [1.82, 2.24) is 19.8 Å². The fourth-order valence-electron chi connectivity index (χ4n) is 3.66. The first-order valence-corrected chi connectivity index (χ1v) is 12.1. The molecule has 0 aliphatic heterocycles. The van der Waals surface area contributed by atoms with Gasteiger partial charge in [0.15, 0.2) is 5.16 Å². The Labute approximate surface area is 181 Å². The molecule has 0 unspecified atom stereocenters. The standard InChI is InChI=1S/C21H32N4O2S2/c1-21(2,3)23-16(26)13-28-20-22-18-17(14-9-6-7-10-15(14)29-18)19(27)25(20)12-8-11-24(4)5/h6-13H2,1-5H3,(H,23,26). The van der Waals surface area contributed by atoms with E-state index in [1.165, 1.54) is 28.6 Å². The van der Waals surface area contributed by atoms with Crippen molar-refractivity contribution in [3.8, 4) is 0 Å².